The van der Waals surface area contributed by atoms with Gasteiger partial charge in [0.05, 0.1) is 11.1 Å². The van der Waals surface area contributed by atoms with E-state index < -0.39 is 21.9 Å². The summed E-state index contributed by atoms with van der Waals surface area (Å²) in [6.45, 7) is 2.76. The molecule has 0 amide bonds. The summed E-state index contributed by atoms with van der Waals surface area (Å²) in [5.41, 5.74) is -1.92. The van der Waals surface area contributed by atoms with Gasteiger partial charge in [-0.25, -0.2) is 4.79 Å². The Bertz CT molecular complexity index is 546. The lowest BCUT2D eigenvalue weighted by Crippen LogP contribution is -2.40. The third-order valence-electron chi connectivity index (χ3n) is 2.56. The van der Waals surface area contributed by atoms with Crippen molar-refractivity contribution < 1.29 is 4.92 Å². The van der Waals surface area contributed by atoms with Gasteiger partial charge < -0.3 is 5.32 Å². The van der Waals surface area contributed by atoms with Crippen LogP contribution in [0.15, 0.2) is 15.8 Å². The fraction of sp³-hybridized carbons (Fsp3) is 0.600. The molecule has 1 heterocycles. The Morgan fingerprint density at radius 2 is 2.11 bits per heavy atom. The second-order valence-corrected chi connectivity index (χ2v) is 3.75. The smallest absolute Gasteiger partial charge is 0.320 e. The normalized spacial score (nSPS) is 10.6. The Labute approximate surface area is 103 Å². The second kappa shape index (κ2) is 6.10. The van der Waals surface area contributed by atoms with Crippen LogP contribution in [0.4, 0.5) is 5.69 Å². The van der Waals surface area contributed by atoms with Gasteiger partial charge in [-0.2, -0.15) is 0 Å². The van der Waals surface area contributed by atoms with Gasteiger partial charge in [0, 0.05) is 13.1 Å². The zero-order valence-electron chi connectivity index (χ0n) is 10.4. The first-order chi connectivity index (χ1) is 8.52. The SMILES string of the molecule is CCn1cc([N+](=O)[O-])c(=O)n(CCCNC)c1=O. The lowest BCUT2D eigenvalue weighted by atomic mass is 10.4. The van der Waals surface area contributed by atoms with Crippen molar-refractivity contribution >= 4 is 5.69 Å². The molecule has 18 heavy (non-hydrogen) atoms. The fourth-order valence-corrected chi connectivity index (χ4v) is 1.60. The molecule has 1 rings (SSSR count). The number of hydrogen-bond donors (Lipinski definition) is 1. The first-order valence-corrected chi connectivity index (χ1v) is 5.66. The minimum absolute atomic E-state index is 0.167. The predicted octanol–water partition coefficient (Wildman–Crippen LogP) is -0.452. The molecular formula is C10H16N4O4. The van der Waals surface area contributed by atoms with Gasteiger partial charge in [-0.05, 0) is 26.9 Å². The molecule has 0 unspecified atom stereocenters. The van der Waals surface area contributed by atoms with Crippen molar-refractivity contribution in [2.45, 2.75) is 26.4 Å². The van der Waals surface area contributed by atoms with Crippen LogP contribution in [-0.2, 0) is 13.1 Å². The van der Waals surface area contributed by atoms with E-state index in [0.29, 0.717) is 13.0 Å². The molecule has 1 aromatic heterocycles. The van der Waals surface area contributed by atoms with Crippen LogP contribution in [0, 0.1) is 10.1 Å². The third-order valence-corrected chi connectivity index (χ3v) is 2.56. The van der Waals surface area contributed by atoms with Crippen LogP contribution in [0.3, 0.4) is 0 Å². The minimum Gasteiger partial charge on any atom is -0.320 e. The molecule has 0 fully saturated rings. The molecule has 0 bridgehead atoms. The summed E-state index contributed by atoms with van der Waals surface area (Å²) in [5.74, 6) is 0. The quantitative estimate of drug-likeness (QED) is 0.422. The van der Waals surface area contributed by atoms with Crippen molar-refractivity contribution in [1.82, 2.24) is 14.5 Å². The highest BCUT2D eigenvalue weighted by Gasteiger charge is 2.18. The van der Waals surface area contributed by atoms with Crippen LogP contribution in [0.1, 0.15) is 13.3 Å². The van der Waals surface area contributed by atoms with E-state index in [2.05, 4.69) is 5.32 Å². The Balaban J connectivity index is 3.29. The molecule has 0 atom stereocenters. The highest BCUT2D eigenvalue weighted by atomic mass is 16.6. The monoisotopic (exact) mass is 256 g/mol. The van der Waals surface area contributed by atoms with Gasteiger partial charge >= 0.3 is 16.9 Å². The summed E-state index contributed by atoms with van der Waals surface area (Å²) in [7, 11) is 1.75. The van der Waals surface area contributed by atoms with Gasteiger partial charge in [-0.3, -0.25) is 24.0 Å². The standard InChI is InChI=1S/C10H16N4O4/c1-3-12-7-8(14(17)18)9(15)13(10(12)16)6-4-5-11-2/h7,11H,3-6H2,1-2H3. The third kappa shape index (κ3) is 2.83. The van der Waals surface area contributed by atoms with Crippen molar-refractivity contribution in [3.63, 3.8) is 0 Å². The van der Waals surface area contributed by atoms with E-state index in [9.17, 15) is 19.7 Å². The van der Waals surface area contributed by atoms with Gasteiger partial charge in [0.25, 0.3) is 0 Å². The summed E-state index contributed by atoms with van der Waals surface area (Å²) in [5, 5.41) is 13.6. The topological polar surface area (TPSA) is 99.2 Å². The van der Waals surface area contributed by atoms with E-state index in [-0.39, 0.29) is 13.1 Å². The van der Waals surface area contributed by atoms with Crippen LogP contribution in [0.25, 0.3) is 0 Å². The molecule has 100 valence electrons. The average Bonchev–Trinajstić information content (AvgIpc) is 2.33. The van der Waals surface area contributed by atoms with E-state index in [0.717, 1.165) is 10.8 Å². The zero-order valence-corrected chi connectivity index (χ0v) is 10.4. The van der Waals surface area contributed by atoms with Gasteiger partial charge in [-0.15, -0.1) is 0 Å². The van der Waals surface area contributed by atoms with Gasteiger partial charge in [0.1, 0.15) is 0 Å². The molecular weight excluding hydrogens is 240 g/mol. The van der Waals surface area contributed by atoms with E-state index in [1.807, 2.05) is 0 Å². The first-order valence-electron chi connectivity index (χ1n) is 5.66. The summed E-state index contributed by atoms with van der Waals surface area (Å²) < 4.78 is 2.08. The van der Waals surface area contributed by atoms with E-state index >= 15 is 0 Å². The van der Waals surface area contributed by atoms with Gasteiger partial charge in [-0.1, -0.05) is 0 Å². The second-order valence-electron chi connectivity index (χ2n) is 3.75. The summed E-state index contributed by atoms with van der Waals surface area (Å²) in [6.07, 6.45) is 1.55. The highest BCUT2D eigenvalue weighted by Crippen LogP contribution is 2.00. The highest BCUT2D eigenvalue weighted by molar-refractivity contribution is 5.21. The zero-order chi connectivity index (χ0) is 13.7. The Kier molecular flexibility index (Phi) is 4.78. The van der Waals surface area contributed by atoms with E-state index in [1.54, 1.807) is 14.0 Å². The van der Waals surface area contributed by atoms with Crippen LogP contribution in [-0.4, -0.2) is 27.6 Å². The molecule has 0 aliphatic rings. The maximum atomic E-state index is 11.9. The minimum atomic E-state index is -0.842. The lowest BCUT2D eigenvalue weighted by Gasteiger charge is -2.08. The molecule has 0 radical (unpaired) electrons. The number of nitrogens with one attached hydrogen (secondary N) is 1. The molecule has 0 aliphatic heterocycles. The molecule has 0 saturated carbocycles. The van der Waals surface area contributed by atoms with Crippen LogP contribution >= 0.6 is 0 Å². The largest absolute Gasteiger partial charge is 0.350 e. The molecule has 0 aromatic carbocycles. The number of aromatic nitrogens is 2. The van der Waals surface area contributed by atoms with Crippen molar-refractivity contribution in [1.29, 1.82) is 0 Å². The van der Waals surface area contributed by atoms with Crippen LogP contribution in [0.5, 0.6) is 0 Å². The van der Waals surface area contributed by atoms with Gasteiger partial charge in [0.15, 0.2) is 0 Å². The Morgan fingerprint density at radius 1 is 1.44 bits per heavy atom. The molecule has 0 saturated heterocycles. The molecule has 1 N–H and O–H groups in total. The van der Waals surface area contributed by atoms with Crippen LogP contribution < -0.4 is 16.6 Å². The molecule has 8 nitrogen and oxygen atoms in total. The number of aryl methyl sites for hydroxylation is 1. The van der Waals surface area contributed by atoms with Crippen molar-refractivity contribution in [3.8, 4) is 0 Å². The molecule has 0 aliphatic carbocycles. The van der Waals surface area contributed by atoms with Gasteiger partial charge in [0.2, 0.25) is 0 Å². The number of rotatable bonds is 6. The summed E-state index contributed by atoms with van der Waals surface area (Å²) in [4.78, 5) is 33.6. The molecule has 8 heteroatoms. The summed E-state index contributed by atoms with van der Waals surface area (Å²) >= 11 is 0. The molecule has 0 spiro atoms. The van der Waals surface area contributed by atoms with Crippen molar-refractivity contribution in [3.05, 3.63) is 37.1 Å². The van der Waals surface area contributed by atoms with E-state index in [4.69, 9.17) is 0 Å². The maximum absolute atomic E-state index is 11.9. The lowest BCUT2D eigenvalue weighted by molar-refractivity contribution is -0.387. The first kappa shape index (κ1) is 14.1. The Hall–Kier alpha value is -1.96. The average molecular weight is 256 g/mol. The summed E-state index contributed by atoms with van der Waals surface area (Å²) in [6, 6.07) is 0. The number of hydrogen-bond acceptors (Lipinski definition) is 5. The van der Waals surface area contributed by atoms with Crippen LogP contribution in [0.2, 0.25) is 0 Å². The fourth-order valence-electron chi connectivity index (χ4n) is 1.60. The number of nitro groups is 1. The maximum Gasteiger partial charge on any atom is 0.350 e. The number of nitrogens with zero attached hydrogens (tertiary/aromatic N) is 3. The van der Waals surface area contributed by atoms with E-state index in [1.165, 1.54) is 4.57 Å². The van der Waals surface area contributed by atoms with Crippen molar-refractivity contribution in [2.24, 2.45) is 0 Å². The Morgan fingerprint density at radius 3 is 2.61 bits per heavy atom. The van der Waals surface area contributed by atoms with Crippen molar-refractivity contribution in [2.75, 3.05) is 13.6 Å². The predicted molar refractivity (Wildman–Crippen MR) is 65.8 cm³/mol. The molecule has 1 aromatic rings.